The minimum Gasteiger partial charge on any atom is -0.497 e. The Labute approximate surface area is 469 Å². The largest absolute Gasteiger partial charge is 0.497 e. The van der Waals surface area contributed by atoms with Crippen LogP contribution in [0, 0.1) is 46.3 Å². The molecule has 6 aliphatic rings. The van der Waals surface area contributed by atoms with Gasteiger partial charge in [0, 0.05) is 44.2 Å². The standard InChI is InChI=1S/C61H84N2O17/c1-9-26-74-58(71)63-31-38-13-11-37(12-14-38)30-62-50(68)28-39-22-24-59(6)41(27-39)17-20-43-44(59)23-25-60(7)45(43)29-49(61(60,72)35(4)46(65)21-10-34(2)3)78-57-54(77-36(5)64)52(48(67)33-76-57)80-56-53(51(69)47(66)32-75-56)79-55(70)40-15-18-42(73-8)19-16-40/h9,11-19,34-35,39,43-45,47-49,51-54,56-57,66-67,69,72H,1,10,20-33H2,2-8H3,(H,62,68)(H,63,71)/t35-,39?,43-,44?,45+,47?,48?,49+,51?,52?,53?,54?,56?,57?,59+,60+,61-/m1/s1. The molecule has 19 nitrogen and oxygen atoms in total. The molecule has 2 aromatic rings. The third-order valence-corrected chi connectivity index (χ3v) is 18.6. The fraction of sp³-hybridized carbons (Fsp3) is 0.656. The molecule has 2 aliphatic heterocycles. The zero-order valence-electron chi connectivity index (χ0n) is 47.3. The molecule has 4 aliphatic carbocycles. The third-order valence-electron chi connectivity index (χ3n) is 18.6. The van der Waals surface area contributed by atoms with Gasteiger partial charge in [0.2, 0.25) is 5.91 Å². The highest BCUT2D eigenvalue weighted by Gasteiger charge is 2.70. The first kappa shape index (κ1) is 60.8. The number of nitrogens with one attached hydrogen (secondary N) is 2. The van der Waals surface area contributed by atoms with Gasteiger partial charge in [0.1, 0.15) is 48.2 Å². The molecule has 0 radical (unpaired) electrons. The van der Waals surface area contributed by atoms with E-state index < -0.39 is 96.9 Å². The summed E-state index contributed by atoms with van der Waals surface area (Å²) in [6.45, 7) is 15.1. The van der Waals surface area contributed by atoms with Crippen LogP contribution in [0.1, 0.15) is 127 Å². The molecule has 3 saturated carbocycles. The monoisotopic (exact) mass is 1120 g/mol. The van der Waals surface area contributed by atoms with E-state index in [1.807, 2.05) is 24.3 Å². The summed E-state index contributed by atoms with van der Waals surface area (Å²) in [4.78, 5) is 66.0. The number of hydrogen-bond acceptors (Lipinski definition) is 17. The van der Waals surface area contributed by atoms with E-state index in [0.717, 1.165) is 43.2 Å². The Morgan fingerprint density at radius 3 is 2.14 bits per heavy atom. The Morgan fingerprint density at radius 2 is 1.49 bits per heavy atom. The summed E-state index contributed by atoms with van der Waals surface area (Å²) in [5.41, 5.74) is 0.635. The zero-order valence-corrected chi connectivity index (χ0v) is 47.3. The number of carbonyl (C=O) groups is 5. The minimum atomic E-state index is -1.73. The number of allylic oxidation sites excluding steroid dienone is 2. The van der Waals surface area contributed by atoms with Crippen molar-refractivity contribution in [2.45, 2.75) is 180 Å². The third kappa shape index (κ3) is 13.0. The molecule has 10 unspecified atom stereocenters. The Balaban J connectivity index is 0.982. The van der Waals surface area contributed by atoms with E-state index in [4.69, 9.17) is 37.9 Å². The summed E-state index contributed by atoms with van der Waals surface area (Å²) in [6.07, 6.45) is -3.50. The van der Waals surface area contributed by atoms with Crippen molar-refractivity contribution in [2.24, 2.45) is 46.3 Å². The highest BCUT2D eigenvalue weighted by atomic mass is 16.8. The van der Waals surface area contributed by atoms with Gasteiger partial charge >= 0.3 is 18.0 Å². The second kappa shape index (κ2) is 25.9. The quantitative estimate of drug-likeness (QED) is 0.0449. The van der Waals surface area contributed by atoms with Crippen LogP contribution in [0.4, 0.5) is 4.79 Å². The van der Waals surface area contributed by atoms with Crippen molar-refractivity contribution < 1.29 is 82.3 Å². The number of Topliss-reactive ketones (excluding diaryl/α,β-unsaturated/α-hetero) is 1. The lowest BCUT2D eigenvalue weighted by Gasteiger charge is -2.59. The summed E-state index contributed by atoms with van der Waals surface area (Å²) in [5.74, 6) is -1.44. The van der Waals surface area contributed by atoms with Crippen LogP contribution in [0.2, 0.25) is 0 Å². The summed E-state index contributed by atoms with van der Waals surface area (Å²) >= 11 is 0. The van der Waals surface area contributed by atoms with Gasteiger partial charge in [0.25, 0.3) is 0 Å². The smallest absolute Gasteiger partial charge is 0.407 e. The van der Waals surface area contributed by atoms with Crippen molar-refractivity contribution in [1.29, 1.82) is 0 Å². The van der Waals surface area contributed by atoms with E-state index in [1.165, 1.54) is 37.8 Å². The van der Waals surface area contributed by atoms with Gasteiger partial charge in [-0.15, -0.1) is 0 Å². The molecule has 17 atom stereocenters. The first-order valence-corrected chi connectivity index (χ1v) is 28.5. The summed E-state index contributed by atoms with van der Waals surface area (Å²) in [6, 6.07) is 13.7. The van der Waals surface area contributed by atoms with Gasteiger partial charge < -0.3 is 69.0 Å². The molecule has 0 aromatic heterocycles. The van der Waals surface area contributed by atoms with Crippen LogP contribution in [0.5, 0.6) is 5.75 Å². The lowest BCUT2D eigenvalue weighted by Crippen LogP contribution is -2.64. The maximum Gasteiger partial charge on any atom is 0.407 e. The fourth-order valence-corrected chi connectivity index (χ4v) is 14.0. The number of methoxy groups -OCH3 is 1. The second-order valence-corrected chi connectivity index (χ2v) is 24.0. The van der Waals surface area contributed by atoms with Crippen molar-refractivity contribution in [1.82, 2.24) is 10.6 Å². The van der Waals surface area contributed by atoms with Crippen molar-refractivity contribution in [3.05, 3.63) is 89.5 Å². The van der Waals surface area contributed by atoms with Crippen molar-refractivity contribution >= 4 is 29.7 Å². The number of ether oxygens (including phenoxy) is 8. The summed E-state index contributed by atoms with van der Waals surface area (Å²) in [5, 5.41) is 52.9. The van der Waals surface area contributed by atoms with Gasteiger partial charge in [-0.2, -0.15) is 0 Å². The summed E-state index contributed by atoms with van der Waals surface area (Å²) in [7, 11) is 1.48. The molecule has 2 heterocycles. The predicted molar refractivity (Wildman–Crippen MR) is 290 cm³/mol. The highest BCUT2D eigenvalue weighted by molar-refractivity contribution is 5.89. The molecule has 2 amide bonds. The lowest BCUT2D eigenvalue weighted by molar-refractivity contribution is -0.345. The van der Waals surface area contributed by atoms with E-state index in [0.29, 0.717) is 44.5 Å². The van der Waals surface area contributed by atoms with Crippen LogP contribution in [0.15, 0.2) is 72.8 Å². The second-order valence-electron chi connectivity index (χ2n) is 24.0. The van der Waals surface area contributed by atoms with Gasteiger partial charge in [-0.3, -0.25) is 14.4 Å². The average molecular weight is 1120 g/mol. The minimum absolute atomic E-state index is 0.00734. The van der Waals surface area contributed by atoms with Crippen LogP contribution in [-0.2, 0) is 60.6 Å². The number of aliphatic hydroxyl groups excluding tert-OH is 3. The van der Waals surface area contributed by atoms with E-state index in [1.54, 1.807) is 19.1 Å². The van der Waals surface area contributed by atoms with Gasteiger partial charge in [0.05, 0.1) is 32.0 Å². The van der Waals surface area contributed by atoms with Crippen molar-refractivity contribution in [3.63, 3.8) is 0 Å². The van der Waals surface area contributed by atoms with Gasteiger partial charge in [-0.25, -0.2) is 9.59 Å². The highest BCUT2D eigenvalue weighted by Crippen LogP contribution is 2.69. The Morgan fingerprint density at radius 1 is 0.825 bits per heavy atom. The molecule has 6 N–H and O–H groups in total. The number of rotatable bonds is 21. The molecule has 2 saturated heterocycles. The molecular formula is C61H84N2O17. The van der Waals surface area contributed by atoms with E-state index in [-0.39, 0.29) is 71.9 Å². The van der Waals surface area contributed by atoms with Gasteiger partial charge in [-0.1, -0.05) is 83.2 Å². The van der Waals surface area contributed by atoms with Crippen LogP contribution >= 0.6 is 0 Å². The molecule has 0 bridgehead atoms. The van der Waals surface area contributed by atoms with E-state index in [2.05, 4.69) is 51.0 Å². The van der Waals surface area contributed by atoms with Crippen molar-refractivity contribution in [2.75, 3.05) is 26.9 Å². The predicted octanol–water partition coefficient (Wildman–Crippen LogP) is 6.40. The van der Waals surface area contributed by atoms with Crippen LogP contribution in [-0.4, -0.2) is 138 Å². The average Bonchev–Trinajstić information content (AvgIpc) is 3.73. The molecule has 19 heteroatoms. The normalized spacial score (nSPS) is 35.0. The number of amides is 2. The molecular weight excluding hydrogens is 1030 g/mol. The Kier molecular flexibility index (Phi) is 19.7. The first-order valence-electron chi connectivity index (χ1n) is 28.5. The lowest BCUT2D eigenvalue weighted by atomic mass is 9.46. The number of alkyl carbamates (subject to hydrolysis) is 1. The fourth-order valence-electron chi connectivity index (χ4n) is 14.0. The SMILES string of the molecule is C=CCOC(=O)NCc1ccc(CNC(=O)CC2CC[C@@]3(C)C(=CC[C@@H]4C3CC[C@@]3(C)[C@H]4C[C@H](OC4OCC(O)C(OC5OCC(O)C(O)C5OC(=O)c5ccc(OC)cc5)C4OC(C)=O)[C@]3(O)[C@H](C)C(=O)CCC(C)C)C2)cc1. The Hall–Kier alpha value is -5.25. The number of fused-ring (bicyclic) bond motifs is 5. The molecule has 80 heavy (non-hydrogen) atoms. The number of carbonyl (C=O) groups excluding carboxylic acids is 5. The maximum atomic E-state index is 14.4. The van der Waals surface area contributed by atoms with E-state index >= 15 is 0 Å². The van der Waals surface area contributed by atoms with Crippen LogP contribution < -0.4 is 15.4 Å². The topological polar surface area (TPSA) is 264 Å². The van der Waals surface area contributed by atoms with E-state index in [9.17, 15) is 44.4 Å². The van der Waals surface area contributed by atoms with Crippen LogP contribution in [0.3, 0.4) is 0 Å². The first-order chi connectivity index (χ1) is 38.1. The molecule has 5 fully saturated rings. The molecule has 8 rings (SSSR count). The Bertz CT molecular complexity index is 2540. The number of ketones is 1. The molecule has 0 spiro atoms. The van der Waals surface area contributed by atoms with Gasteiger partial charge in [0.15, 0.2) is 24.8 Å². The maximum absolute atomic E-state index is 14.4. The summed E-state index contributed by atoms with van der Waals surface area (Å²) < 4.78 is 47.0. The molecule has 440 valence electrons. The number of benzene rings is 2. The zero-order chi connectivity index (χ0) is 57.7. The number of hydrogen-bond donors (Lipinski definition) is 6. The van der Waals surface area contributed by atoms with Gasteiger partial charge in [-0.05, 0) is 122 Å². The van der Waals surface area contributed by atoms with Crippen molar-refractivity contribution in [3.8, 4) is 5.75 Å². The number of esters is 2. The number of aliphatic hydroxyl groups is 4. The molecule has 2 aromatic carbocycles. The van der Waals surface area contributed by atoms with Crippen LogP contribution in [0.25, 0.3) is 0 Å².